The number of carbonyl (C=O) groups is 1. The number of aromatic nitrogens is 4. The molecule has 5 N–H and O–H groups in total. The van der Waals surface area contributed by atoms with Gasteiger partial charge in [-0.1, -0.05) is 39.0 Å². The number of rotatable bonds is 11. The Kier molecular flexibility index (Phi) is 17.6. The first-order valence-electron chi connectivity index (χ1n) is 23.3. The van der Waals surface area contributed by atoms with Gasteiger partial charge in [-0.2, -0.15) is 0 Å². The number of esters is 1. The number of nitrogens with zero attached hydrogens (tertiary/aromatic N) is 6. The van der Waals surface area contributed by atoms with Crippen LogP contribution in [-0.2, 0) is 41.4 Å². The lowest BCUT2D eigenvalue weighted by Gasteiger charge is -2.51. The smallest absolute Gasteiger partial charge is 0.309 e. The third-order valence-electron chi connectivity index (χ3n) is 14.8. The van der Waals surface area contributed by atoms with Crippen molar-refractivity contribution in [3.8, 4) is 0 Å². The Morgan fingerprint density at radius 2 is 1.72 bits per heavy atom. The summed E-state index contributed by atoms with van der Waals surface area (Å²) in [5.74, 6) is -3.07. The highest BCUT2D eigenvalue weighted by Crippen LogP contribution is 2.45. The lowest BCUT2D eigenvalue weighted by Crippen LogP contribution is -2.62. The highest BCUT2D eigenvalue weighted by molar-refractivity contribution is 5.73. The van der Waals surface area contributed by atoms with Crippen molar-refractivity contribution >= 4 is 5.97 Å². The number of pyridine rings is 1. The van der Waals surface area contributed by atoms with Crippen LogP contribution in [-0.4, -0.2) is 180 Å². The minimum absolute atomic E-state index is 0.158. The third-order valence-corrected chi connectivity index (χ3v) is 14.8. The van der Waals surface area contributed by atoms with Crippen LogP contribution in [0.4, 0.5) is 0 Å². The molecule has 5 heterocycles. The quantitative estimate of drug-likeness (QED) is 0.205. The Labute approximate surface area is 380 Å². The summed E-state index contributed by atoms with van der Waals surface area (Å²) in [6.07, 6.45) is -1.12. The number of likely N-dealkylation sites (N-methyl/N-ethyl adjacent to an activating group) is 2. The van der Waals surface area contributed by atoms with Gasteiger partial charge in [-0.3, -0.25) is 9.78 Å². The van der Waals surface area contributed by atoms with Crippen LogP contribution in [0.5, 0.6) is 0 Å². The molecular weight excluding hydrogens is 825 g/mol. The van der Waals surface area contributed by atoms with Gasteiger partial charge in [0.15, 0.2) is 6.29 Å². The molecule has 3 aliphatic heterocycles. The number of ether oxygens (including phenoxy) is 5. The van der Waals surface area contributed by atoms with E-state index in [1.165, 1.54) is 14.0 Å². The summed E-state index contributed by atoms with van der Waals surface area (Å²) >= 11 is 0. The largest absolute Gasteiger partial charge is 0.459 e. The second-order valence-corrected chi connectivity index (χ2v) is 20.3. The Hall–Kier alpha value is -2.68. The molecule has 3 aliphatic rings. The zero-order chi connectivity index (χ0) is 47.5. The molecule has 17 nitrogen and oxygen atoms in total. The maximum atomic E-state index is 14.6. The predicted molar refractivity (Wildman–Crippen MR) is 239 cm³/mol. The van der Waals surface area contributed by atoms with E-state index in [9.17, 15) is 30.3 Å². The Morgan fingerprint density at radius 3 is 2.36 bits per heavy atom. The van der Waals surface area contributed by atoms with Crippen LogP contribution in [0.15, 0.2) is 30.7 Å². The molecule has 18 atom stereocenters. The van der Waals surface area contributed by atoms with E-state index in [-0.39, 0.29) is 37.3 Å². The molecule has 3 saturated heterocycles. The maximum Gasteiger partial charge on any atom is 0.309 e. The van der Waals surface area contributed by atoms with Gasteiger partial charge in [0.1, 0.15) is 30.0 Å². The Balaban J connectivity index is 1.49. The van der Waals surface area contributed by atoms with Crippen LogP contribution in [0.25, 0.3) is 0 Å². The molecule has 5 rings (SSSR count). The predicted octanol–water partition coefficient (Wildman–Crippen LogP) is 2.82. The van der Waals surface area contributed by atoms with E-state index in [4.69, 9.17) is 23.7 Å². The van der Waals surface area contributed by atoms with Gasteiger partial charge in [0.2, 0.25) is 0 Å². The lowest BCUT2D eigenvalue weighted by atomic mass is 9.68. The average molecular weight is 905 g/mol. The molecule has 0 spiro atoms. The molecule has 0 saturated carbocycles. The summed E-state index contributed by atoms with van der Waals surface area (Å²) in [5, 5.41) is 68.5. The van der Waals surface area contributed by atoms with Crippen LogP contribution in [0.3, 0.4) is 0 Å². The van der Waals surface area contributed by atoms with E-state index in [0.29, 0.717) is 32.5 Å². The first-order valence-corrected chi connectivity index (χ1v) is 23.3. The number of cyclic esters (lactones) is 1. The average Bonchev–Trinajstić information content (AvgIpc) is 3.69. The van der Waals surface area contributed by atoms with Crippen LogP contribution < -0.4 is 0 Å². The fourth-order valence-electron chi connectivity index (χ4n) is 10.9. The topological polar surface area (TPSA) is 214 Å². The van der Waals surface area contributed by atoms with Crippen LogP contribution in [0, 0.1) is 23.7 Å². The minimum atomic E-state index is -1.80. The fraction of sp³-hybridized carbons (Fsp3) is 0.830. The van der Waals surface area contributed by atoms with Crippen LogP contribution in [0.2, 0.25) is 0 Å². The van der Waals surface area contributed by atoms with E-state index >= 15 is 0 Å². The summed E-state index contributed by atoms with van der Waals surface area (Å²) in [4.78, 5) is 22.8. The molecule has 0 aliphatic carbocycles. The number of aliphatic hydroxyl groups excluding tert-OH is 3. The number of carbonyl (C=O) groups excluding carboxylic acids is 1. The van der Waals surface area contributed by atoms with Gasteiger partial charge in [-0.15, -0.1) is 5.10 Å². The number of aliphatic hydroxyl groups is 5. The molecule has 17 heteroatoms. The van der Waals surface area contributed by atoms with E-state index in [0.717, 1.165) is 11.3 Å². The van der Waals surface area contributed by atoms with E-state index in [1.807, 2.05) is 71.9 Å². The van der Waals surface area contributed by atoms with Gasteiger partial charge < -0.3 is 59.0 Å². The second-order valence-electron chi connectivity index (χ2n) is 20.3. The van der Waals surface area contributed by atoms with Gasteiger partial charge in [0.05, 0.1) is 53.8 Å². The zero-order valence-electron chi connectivity index (χ0n) is 40.6. The number of hydrogen-bond donors (Lipinski definition) is 5. The molecule has 0 radical (unpaired) electrons. The maximum absolute atomic E-state index is 14.6. The van der Waals surface area contributed by atoms with Gasteiger partial charge >= 0.3 is 5.97 Å². The monoisotopic (exact) mass is 905 g/mol. The van der Waals surface area contributed by atoms with Crippen molar-refractivity contribution in [3.63, 3.8) is 0 Å². The summed E-state index contributed by atoms with van der Waals surface area (Å²) in [5.41, 5.74) is -2.59. The van der Waals surface area contributed by atoms with Gasteiger partial charge in [-0.25, -0.2) is 4.68 Å². The van der Waals surface area contributed by atoms with E-state index < -0.39 is 95.6 Å². The second kappa shape index (κ2) is 21.5. The Morgan fingerprint density at radius 1 is 1.02 bits per heavy atom. The third kappa shape index (κ3) is 11.9. The highest BCUT2D eigenvalue weighted by Gasteiger charge is 2.55. The normalized spacial score (nSPS) is 42.5. The van der Waals surface area contributed by atoms with Crippen LogP contribution in [0.1, 0.15) is 106 Å². The SMILES string of the molecule is CC[C@H]1OC(=O)[C@H](C)[C@@H](C2C[C@@](C)(OC)[C@@H](O)[C@H](C)O2)[C@H](C)[C@@H](O[C@@H]2O[C@H](C)C[C@H](N(C)CCc3cn(Cc4cccnc4)nn3)[C@H]2O)[C@](C)(O)C[C@@H](C)CN(C)[C@H](C)[C@@H](O)[C@]1(C)O. The van der Waals surface area contributed by atoms with Crippen molar-refractivity contribution in [3.05, 3.63) is 42.0 Å². The van der Waals surface area contributed by atoms with Crippen molar-refractivity contribution < 1.29 is 54.0 Å². The highest BCUT2D eigenvalue weighted by atomic mass is 16.7. The molecular formula is C47H80N6O11. The van der Waals surface area contributed by atoms with Crippen molar-refractivity contribution in [2.75, 3.05) is 34.3 Å². The molecule has 0 bridgehead atoms. The summed E-state index contributed by atoms with van der Waals surface area (Å²) in [6, 6.07) is 2.95. The van der Waals surface area contributed by atoms with Gasteiger partial charge in [-0.05, 0) is 98.4 Å². The summed E-state index contributed by atoms with van der Waals surface area (Å²) in [6.45, 7) is 19.6. The fourth-order valence-corrected chi connectivity index (χ4v) is 10.9. The van der Waals surface area contributed by atoms with Crippen molar-refractivity contribution in [1.29, 1.82) is 0 Å². The molecule has 2 aromatic rings. The zero-order valence-corrected chi connectivity index (χ0v) is 40.6. The summed E-state index contributed by atoms with van der Waals surface area (Å²) in [7, 11) is 5.34. The molecule has 1 unspecified atom stereocenters. The van der Waals surface area contributed by atoms with Crippen molar-refractivity contribution in [2.24, 2.45) is 23.7 Å². The minimum Gasteiger partial charge on any atom is -0.459 e. The summed E-state index contributed by atoms with van der Waals surface area (Å²) < 4.78 is 33.9. The number of hydrogen-bond acceptors (Lipinski definition) is 16. The standard InChI is InChI=1S/C47H80N6O11/c1-14-37-47(10,59)40(55)31(6)52(12)24-27(2)21-45(8,58)42(29(4)38(30(5)43(57)63-37)36-22-46(9,60-13)41(56)32(7)62-36)64-44-39(54)35(20-28(3)61-44)51(11)19-17-34-26-53(50-49-34)25-33-16-15-18-48-23-33/h15-16,18,23,26-32,35-42,44,54-56,58-59H,14,17,19-22,24-25H2,1-13H3/t27-,28-,29+,30-,31-,32+,35+,36?,37-,38+,39-,40-,41+,42-,44+,45-,46-,47-/m1/s1. The number of methoxy groups -OCH3 is 1. The molecule has 0 amide bonds. The lowest BCUT2D eigenvalue weighted by molar-refractivity contribution is -0.302. The van der Waals surface area contributed by atoms with Crippen molar-refractivity contribution in [2.45, 2.75) is 192 Å². The molecule has 64 heavy (non-hydrogen) atoms. The van der Waals surface area contributed by atoms with Gasteiger partial charge in [0.25, 0.3) is 0 Å². The first-order chi connectivity index (χ1) is 29.9. The molecule has 0 aromatic carbocycles. The Bertz CT molecular complexity index is 1770. The molecule has 2 aromatic heterocycles. The first kappa shape index (κ1) is 52.3. The molecule has 364 valence electrons. The van der Waals surface area contributed by atoms with E-state index in [2.05, 4.69) is 20.2 Å². The van der Waals surface area contributed by atoms with Crippen molar-refractivity contribution in [1.82, 2.24) is 29.8 Å². The molecule has 3 fully saturated rings. The van der Waals surface area contributed by atoms with Crippen LogP contribution >= 0.6 is 0 Å². The van der Waals surface area contributed by atoms with Gasteiger partial charge in [0, 0.05) is 69.6 Å². The van der Waals surface area contributed by atoms with E-state index in [1.54, 1.807) is 44.8 Å².